The van der Waals surface area contributed by atoms with E-state index in [0.29, 0.717) is 18.7 Å². The van der Waals surface area contributed by atoms with Gasteiger partial charge in [0.1, 0.15) is 29.6 Å². The van der Waals surface area contributed by atoms with Gasteiger partial charge >= 0.3 is 0 Å². The molecule has 4 heterocycles. The van der Waals surface area contributed by atoms with E-state index in [1.165, 1.54) is 0 Å². The van der Waals surface area contributed by atoms with E-state index in [-0.39, 0.29) is 49.7 Å². The number of rotatable bonds is 7. The summed E-state index contributed by atoms with van der Waals surface area (Å²) >= 11 is 0. The highest BCUT2D eigenvalue weighted by Gasteiger charge is 2.42. The van der Waals surface area contributed by atoms with Gasteiger partial charge in [-0.25, -0.2) is 9.67 Å². The van der Waals surface area contributed by atoms with Crippen LogP contribution in [0.1, 0.15) is 56.7 Å². The molecule has 4 atom stereocenters. The molecule has 0 spiro atoms. The molecule has 0 radical (unpaired) electrons. The molecule has 1 saturated heterocycles. The number of carbonyl (C=O) groups is 4. The van der Waals surface area contributed by atoms with Crippen molar-refractivity contribution in [3.63, 3.8) is 0 Å². The normalized spacial score (nSPS) is 22.9. The van der Waals surface area contributed by atoms with Crippen LogP contribution in [0.5, 0.6) is 0 Å². The third-order valence-corrected chi connectivity index (χ3v) is 8.12. The Morgan fingerprint density at radius 2 is 1.86 bits per heavy atom. The van der Waals surface area contributed by atoms with Crippen LogP contribution in [-0.4, -0.2) is 77.7 Å². The highest BCUT2D eigenvalue weighted by Crippen LogP contribution is 2.28. The molecule has 2 aliphatic heterocycles. The number of carbonyl (C=O) groups excluding carboxylic acids is 4. The van der Waals surface area contributed by atoms with Gasteiger partial charge in [0, 0.05) is 51.2 Å². The third kappa shape index (κ3) is 6.92. The fourth-order valence-corrected chi connectivity index (χ4v) is 5.73. The van der Waals surface area contributed by atoms with Crippen LogP contribution in [0.2, 0.25) is 0 Å². The van der Waals surface area contributed by atoms with Gasteiger partial charge < -0.3 is 25.4 Å². The number of fused-ring (bicyclic) bond motifs is 5. The number of hydrogen-bond donors (Lipinski definition) is 3. The van der Waals surface area contributed by atoms with E-state index in [9.17, 15) is 19.2 Å². The van der Waals surface area contributed by atoms with E-state index in [0.717, 1.165) is 17.8 Å². The number of amides is 4. The summed E-state index contributed by atoms with van der Waals surface area (Å²) in [7, 11) is 0. The average molecular weight is 590 g/mol. The zero-order valence-corrected chi connectivity index (χ0v) is 24.8. The summed E-state index contributed by atoms with van der Waals surface area (Å²) in [5.74, 6) is -0.786. The lowest BCUT2D eigenvalue weighted by atomic mass is 10.00. The summed E-state index contributed by atoms with van der Waals surface area (Å²) in [4.78, 5) is 60.1. The lowest BCUT2D eigenvalue weighted by molar-refractivity contribution is -0.140. The molecule has 3 aromatic rings. The smallest absolute Gasteiger partial charge is 0.243 e. The van der Waals surface area contributed by atoms with Crippen LogP contribution in [0.25, 0.3) is 0 Å². The Balaban J connectivity index is 1.40. The standard InChI is InChI=1S/C30H39N9O4/c1-4-25-31-11-13-37(25)12-10-26(40)38-18-22-15-24(38)29(42)34-27(19(2)3)30(43)33-23(14-20-8-6-5-7-9-20)28(41)32-16-21-17-39(22)36-35-21/h5-9,11,13,17,19,22-24,27H,4,10,12,14-16,18H2,1-3H3,(H,32,41)(H,33,43)(H,34,42)/t22-,23+,24-,27-/m0/s1. The van der Waals surface area contributed by atoms with Crippen LogP contribution < -0.4 is 16.0 Å². The van der Waals surface area contributed by atoms with Gasteiger partial charge in [0.2, 0.25) is 23.6 Å². The Bertz CT molecular complexity index is 1450. The van der Waals surface area contributed by atoms with Gasteiger partial charge in [0.05, 0.1) is 18.8 Å². The van der Waals surface area contributed by atoms with Gasteiger partial charge in [-0.3, -0.25) is 19.2 Å². The van der Waals surface area contributed by atoms with Gasteiger partial charge in [0.25, 0.3) is 0 Å². The van der Waals surface area contributed by atoms with Crippen molar-refractivity contribution >= 4 is 23.6 Å². The van der Waals surface area contributed by atoms with Crippen molar-refractivity contribution in [1.29, 1.82) is 0 Å². The Kier molecular flexibility index (Phi) is 9.17. The number of aromatic nitrogens is 5. The largest absolute Gasteiger partial charge is 0.349 e. The van der Waals surface area contributed by atoms with E-state index in [1.807, 2.05) is 61.9 Å². The molecule has 4 amide bonds. The SMILES string of the molecule is CCc1nccn1CCC(=O)N1C[C@@H]2C[C@H]1C(=O)N[C@@H](C(C)C)C(=O)N[C@H](Cc1ccccc1)C(=O)NCc1cn2nn1. The summed E-state index contributed by atoms with van der Waals surface area (Å²) in [6.07, 6.45) is 6.83. The number of nitrogens with one attached hydrogen (secondary N) is 3. The molecule has 1 aromatic carbocycles. The van der Waals surface area contributed by atoms with Crippen LogP contribution in [0, 0.1) is 5.92 Å². The first-order valence-corrected chi connectivity index (χ1v) is 14.9. The Morgan fingerprint density at radius 1 is 1.07 bits per heavy atom. The van der Waals surface area contributed by atoms with E-state index in [4.69, 9.17) is 0 Å². The summed E-state index contributed by atoms with van der Waals surface area (Å²) in [6.45, 7) is 6.51. The van der Waals surface area contributed by atoms with Crippen molar-refractivity contribution < 1.29 is 19.2 Å². The number of imidazole rings is 1. The predicted octanol–water partition coefficient (Wildman–Crippen LogP) is 0.767. The van der Waals surface area contributed by atoms with E-state index >= 15 is 0 Å². The van der Waals surface area contributed by atoms with Crippen LogP contribution >= 0.6 is 0 Å². The van der Waals surface area contributed by atoms with Crippen LogP contribution in [0.15, 0.2) is 48.9 Å². The maximum atomic E-state index is 13.8. The van der Waals surface area contributed by atoms with Gasteiger partial charge in [-0.1, -0.05) is 56.3 Å². The van der Waals surface area contributed by atoms with Crippen molar-refractivity contribution in [3.05, 3.63) is 66.0 Å². The summed E-state index contributed by atoms with van der Waals surface area (Å²) < 4.78 is 3.60. The zero-order valence-electron chi connectivity index (χ0n) is 24.8. The molecule has 0 aliphatic carbocycles. The lowest BCUT2D eigenvalue weighted by Crippen LogP contribution is -2.58. The van der Waals surface area contributed by atoms with Crippen molar-refractivity contribution in [2.24, 2.45) is 5.92 Å². The van der Waals surface area contributed by atoms with Gasteiger partial charge in [-0.15, -0.1) is 5.10 Å². The average Bonchev–Trinajstić information content (AvgIpc) is 3.76. The summed E-state index contributed by atoms with van der Waals surface area (Å²) in [5, 5.41) is 17.1. The molecule has 228 valence electrons. The zero-order chi connectivity index (χ0) is 30.5. The monoisotopic (exact) mass is 589 g/mol. The first kappa shape index (κ1) is 29.9. The second-order valence-corrected chi connectivity index (χ2v) is 11.5. The first-order valence-electron chi connectivity index (χ1n) is 14.9. The minimum Gasteiger partial charge on any atom is -0.349 e. The Hall–Kier alpha value is -4.55. The van der Waals surface area contributed by atoms with Gasteiger partial charge in [0.15, 0.2) is 0 Å². The molecule has 13 nitrogen and oxygen atoms in total. The maximum Gasteiger partial charge on any atom is 0.243 e. The third-order valence-electron chi connectivity index (χ3n) is 8.12. The van der Waals surface area contributed by atoms with Gasteiger partial charge in [-0.2, -0.15) is 0 Å². The Labute approximate surface area is 250 Å². The molecule has 2 aliphatic rings. The topological polar surface area (TPSA) is 156 Å². The molecule has 0 saturated carbocycles. The molecule has 4 bridgehead atoms. The lowest BCUT2D eigenvalue weighted by Gasteiger charge is -2.29. The minimum atomic E-state index is -0.907. The van der Waals surface area contributed by atoms with Crippen LogP contribution in [-0.2, 0) is 45.1 Å². The highest BCUT2D eigenvalue weighted by atomic mass is 16.2. The van der Waals surface area contributed by atoms with Gasteiger partial charge in [-0.05, 0) is 11.5 Å². The summed E-state index contributed by atoms with van der Waals surface area (Å²) in [5.41, 5.74) is 1.41. The maximum absolute atomic E-state index is 13.8. The molecule has 3 N–H and O–H groups in total. The molecule has 5 rings (SSSR count). The molecule has 2 aromatic heterocycles. The van der Waals surface area contributed by atoms with E-state index < -0.39 is 29.9 Å². The second-order valence-electron chi connectivity index (χ2n) is 11.5. The summed E-state index contributed by atoms with van der Waals surface area (Å²) in [6, 6.07) is 6.54. The highest BCUT2D eigenvalue weighted by molar-refractivity contribution is 5.94. The van der Waals surface area contributed by atoms with Crippen molar-refractivity contribution in [2.45, 2.75) is 83.7 Å². The number of hydrogen-bond acceptors (Lipinski definition) is 7. The van der Waals surface area contributed by atoms with Crippen molar-refractivity contribution in [3.8, 4) is 0 Å². The van der Waals surface area contributed by atoms with Crippen molar-refractivity contribution in [2.75, 3.05) is 6.54 Å². The molecule has 1 fully saturated rings. The molecular weight excluding hydrogens is 550 g/mol. The molecule has 0 unspecified atom stereocenters. The number of benzene rings is 1. The quantitative estimate of drug-likeness (QED) is 0.368. The molecular formula is C30H39N9O4. The Morgan fingerprint density at radius 3 is 2.60 bits per heavy atom. The minimum absolute atomic E-state index is 0.119. The predicted molar refractivity (Wildman–Crippen MR) is 156 cm³/mol. The fourth-order valence-electron chi connectivity index (χ4n) is 5.73. The van der Waals surface area contributed by atoms with E-state index in [1.54, 1.807) is 22.0 Å². The first-order chi connectivity index (χ1) is 20.7. The number of aryl methyl sites for hydroxylation is 2. The van der Waals surface area contributed by atoms with E-state index in [2.05, 4.69) is 31.2 Å². The number of likely N-dealkylation sites (tertiary alicyclic amines) is 1. The fraction of sp³-hybridized carbons (Fsp3) is 0.500. The molecule has 13 heteroatoms. The van der Waals surface area contributed by atoms with Crippen LogP contribution in [0.4, 0.5) is 0 Å². The number of nitrogens with zero attached hydrogens (tertiary/aromatic N) is 6. The van der Waals surface area contributed by atoms with Crippen LogP contribution in [0.3, 0.4) is 0 Å². The second kappa shape index (κ2) is 13.2. The molecule has 43 heavy (non-hydrogen) atoms. The van der Waals surface area contributed by atoms with Crippen molar-refractivity contribution in [1.82, 2.24) is 45.4 Å².